The minimum atomic E-state index is -0.487. The van der Waals surface area contributed by atoms with Crippen LogP contribution in [0.15, 0.2) is 18.2 Å². The number of aliphatic hydroxyl groups excluding tert-OH is 1. The number of ether oxygens (including phenoxy) is 1. The molecule has 2 rings (SSSR count). The molecule has 20 heavy (non-hydrogen) atoms. The maximum Gasteiger partial charge on any atom is 0.260 e. The first kappa shape index (κ1) is 14.7. The van der Waals surface area contributed by atoms with Crippen molar-refractivity contribution in [2.24, 2.45) is 0 Å². The highest BCUT2D eigenvalue weighted by Crippen LogP contribution is 2.16. The monoisotopic (exact) mass is 282 g/mol. The number of aliphatic hydroxyl groups is 1. The average Bonchev–Trinajstić information content (AvgIpc) is 2.45. The predicted molar refractivity (Wildman–Crippen MR) is 71.9 cm³/mol. The van der Waals surface area contributed by atoms with Crippen LogP contribution < -0.4 is 4.74 Å². The van der Waals surface area contributed by atoms with E-state index in [4.69, 9.17) is 9.84 Å². The lowest BCUT2D eigenvalue weighted by Gasteiger charge is -2.32. The topological polar surface area (TPSA) is 53.0 Å². The van der Waals surface area contributed by atoms with Crippen LogP contribution in [0, 0.1) is 5.82 Å². The molecular formula is C14H19FN2O3. The molecule has 0 radical (unpaired) electrons. The first-order chi connectivity index (χ1) is 9.58. The van der Waals surface area contributed by atoms with E-state index in [-0.39, 0.29) is 24.9 Å². The third-order valence-electron chi connectivity index (χ3n) is 3.33. The second-order valence-electron chi connectivity index (χ2n) is 4.93. The van der Waals surface area contributed by atoms with Crippen LogP contribution in [-0.4, -0.2) is 60.6 Å². The number of hydrogen-bond donors (Lipinski definition) is 1. The van der Waals surface area contributed by atoms with E-state index in [1.54, 1.807) is 4.90 Å². The quantitative estimate of drug-likeness (QED) is 0.872. The predicted octanol–water partition coefficient (Wildman–Crippen LogP) is 0.471. The molecule has 0 aromatic heterocycles. The van der Waals surface area contributed by atoms with Crippen LogP contribution in [-0.2, 0) is 11.4 Å². The SMILES string of the molecule is CN1CCN(C(=O)COc2cc(F)cc(CO)c2)CC1. The number of benzene rings is 1. The number of piperazine rings is 1. The van der Waals surface area contributed by atoms with Crippen LogP contribution >= 0.6 is 0 Å². The molecule has 0 atom stereocenters. The van der Waals surface area contributed by atoms with Gasteiger partial charge in [-0.3, -0.25) is 4.79 Å². The summed E-state index contributed by atoms with van der Waals surface area (Å²) in [5.41, 5.74) is 0.423. The second kappa shape index (κ2) is 6.67. The summed E-state index contributed by atoms with van der Waals surface area (Å²) in [6.07, 6.45) is 0. The van der Waals surface area contributed by atoms with Gasteiger partial charge >= 0.3 is 0 Å². The number of amides is 1. The number of carbonyl (C=O) groups excluding carboxylic acids is 1. The lowest BCUT2D eigenvalue weighted by molar-refractivity contribution is -0.134. The van der Waals surface area contributed by atoms with E-state index in [0.717, 1.165) is 13.1 Å². The van der Waals surface area contributed by atoms with Crippen molar-refractivity contribution >= 4 is 5.91 Å². The number of likely N-dealkylation sites (N-methyl/N-ethyl adjacent to an activating group) is 1. The Balaban J connectivity index is 1.88. The molecule has 1 aromatic carbocycles. The normalized spacial score (nSPS) is 16.2. The van der Waals surface area contributed by atoms with E-state index in [1.165, 1.54) is 18.2 Å². The van der Waals surface area contributed by atoms with Gasteiger partial charge in [-0.05, 0) is 24.7 Å². The summed E-state index contributed by atoms with van der Waals surface area (Å²) < 4.78 is 18.6. The summed E-state index contributed by atoms with van der Waals surface area (Å²) in [5.74, 6) is -0.331. The van der Waals surface area contributed by atoms with E-state index < -0.39 is 5.82 Å². The molecule has 1 fully saturated rings. The largest absolute Gasteiger partial charge is 0.484 e. The van der Waals surface area contributed by atoms with E-state index in [2.05, 4.69) is 4.90 Å². The molecule has 110 valence electrons. The molecule has 0 saturated carbocycles. The Morgan fingerprint density at radius 1 is 1.30 bits per heavy atom. The van der Waals surface area contributed by atoms with E-state index >= 15 is 0 Å². The van der Waals surface area contributed by atoms with E-state index in [0.29, 0.717) is 18.7 Å². The number of rotatable bonds is 4. The molecule has 1 heterocycles. The zero-order valence-corrected chi connectivity index (χ0v) is 11.5. The molecule has 0 bridgehead atoms. The van der Waals surface area contributed by atoms with Gasteiger partial charge < -0.3 is 19.6 Å². The lowest BCUT2D eigenvalue weighted by Crippen LogP contribution is -2.48. The Labute approximate surface area is 117 Å². The van der Waals surface area contributed by atoms with Crippen molar-refractivity contribution in [1.29, 1.82) is 0 Å². The minimum Gasteiger partial charge on any atom is -0.484 e. The van der Waals surface area contributed by atoms with Crippen molar-refractivity contribution in [3.05, 3.63) is 29.6 Å². The number of hydrogen-bond acceptors (Lipinski definition) is 4. The molecular weight excluding hydrogens is 263 g/mol. The average molecular weight is 282 g/mol. The van der Waals surface area contributed by atoms with Gasteiger partial charge in [0.2, 0.25) is 0 Å². The van der Waals surface area contributed by atoms with Crippen molar-refractivity contribution in [3.63, 3.8) is 0 Å². The molecule has 1 aliphatic heterocycles. The fraction of sp³-hybridized carbons (Fsp3) is 0.500. The van der Waals surface area contributed by atoms with Gasteiger partial charge in [-0.15, -0.1) is 0 Å². The first-order valence-electron chi connectivity index (χ1n) is 6.58. The summed E-state index contributed by atoms with van der Waals surface area (Å²) in [7, 11) is 2.02. The zero-order chi connectivity index (χ0) is 14.5. The Morgan fingerprint density at radius 3 is 2.65 bits per heavy atom. The van der Waals surface area contributed by atoms with E-state index in [9.17, 15) is 9.18 Å². The molecule has 1 aliphatic rings. The summed E-state index contributed by atoms with van der Waals surface area (Å²) >= 11 is 0. The Hall–Kier alpha value is -1.66. The van der Waals surface area contributed by atoms with Gasteiger partial charge in [0, 0.05) is 32.2 Å². The van der Waals surface area contributed by atoms with E-state index in [1.807, 2.05) is 7.05 Å². The van der Waals surface area contributed by atoms with Gasteiger partial charge in [-0.25, -0.2) is 4.39 Å². The fourth-order valence-corrected chi connectivity index (χ4v) is 2.09. The smallest absolute Gasteiger partial charge is 0.260 e. The summed E-state index contributed by atoms with van der Waals surface area (Å²) in [6, 6.07) is 3.96. The summed E-state index contributed by atoms with van der Waals surface area (Å²) in [6.45, 7) is 2.69. The van der Waals surface area contributed by atoms with Crippen LogP contribution in [0.4, 0.5) is 4.39 Å². The van der Waals surface area contributed by atoms with Crippen molar-refractivity contribution < 1.29 is 19.0 Å². The Morgan fingerprint density at radius 2 is 2.00 bits per heavy atom. The first-order valence-corrected chi connectivity index (χ1v) is 6.58. The van der Waals surface area contributed by atoms with Gasteiger partial charge in [0.1, 0.15) is 11.6 Å². The molecule has 1 N–H and O–H groups in total. The van der Waals surface area contributed by atoms with Crippen LogP contribution in [0.3, 0.4) is 0 Å². The van der Waals surface area contributed by atoms with Crippen LogP contribution in [0.1, 0.15) is 5.56 Å². The standard InChI is InChI=1S/C14H19FN2O3/c1-16-2-4-17(5-3-16)14(19)10-20-13-7-11(9-18)6-12(15)8-13/h6-8,18H,2-5,9-10H2,1H3. The molecule has 0 aliphatic carbocycles. The summed E-state index contributed by atoms with van der Waals surface area (Å²) in [5, 5.41) is 8.99. The number of nitrogens with zero attached hydrogens (tertiary/aromatic N) is 2. The molecule has 0 unspecified atom stereocenters. The maximum absolute atomic E-state index is 13.2. The van der Waals surface area contributed by atoms with Gasteiger partial charge in [0.05, 0.1) is 6.61 Å². The van der Waals surface area contributed by atoms with Crippen molar-refractivity contribution in [1.82, 2.24) is 9.80 Å². The van der Waals surface area contributed by atoms with Gasteiger partial charge in [-0.1, -0.05) is 0 Å². The van der Waals surface area contributed by atoms with Crippen LogP contribution in [0.25, 0.3) is 0 Å². The third kappa shape index (κ3) is 3.91. The van der Waals surface area contributed by atoms with Gasteiger partial charge in [-0.2, -0.15) is 0 Å². The van der Waals surface area contributed by atoms with Crippen molar-refractivity contribution in [2.45, 2.75) is 6.61 Å². The number of halogens is 1. The maximum atomic E-state index is 13.2. The molecule has 0 spiro atoms. The Kier molecular flexibility index (Phi) is 4.92. The summed E-state index contributed by atoms with van der Waals surface area (Å²) in [4.78, 5) is 15.9. The van der Waals surface area contributed by atoms with Crippen molar-refractivity contribution in [3.8, 4) is 5.75 Å². The minimum absolute atomic E-state index is 0.104. The number of carbonyl (C=O) groups is 1. The molecule has 6 heteroatoms. The highest BCUT2D eigenvalue weighted by Gasteiger charge is 2.19. The zero-order valence-electron chi connectivity index (χ0n) is 11.5. The fourth-order valence-electron chi connectivity index (χ4n) is 2.09. The highest BCUT2D eigenvalue weighted by molar-refractivity contribution is 5.77. The second-order valence-corrected chi connectivity index (χ2v) is 4.93. The van der Waals surface area contributed by atoms with Gasteiger partial charge in [0.25, 0.3) is 5.91 Å². The molecule has 5 nitrogen and oxygen atoms in total. The molecule has 1 saturated heterocycles. The van der Waals surface area contributed by atoms with Crippen LogP contribution in [0.2, 0.25) is 0 Å². The third-order valence-corrected chi connectivity index (χ3v) is 3.33. The highest BCUT2D eigenvalue weighted by atomic mass is 19.1. The Bertz CT molecular complexity index is 473. The lowest BCUT2D eigenvalue weighted by atomic mass is 10.2. The van der Waals surface area contributed by atoms with Crippen molar-refractivity contribution in [2.75, 3.05) is 39.8 Å². The van der Waals surface area contributed by atoms with Crippen LogP contribution in [0.5, 0.6) is 5.75 Å². The van der Waals surface area contributed by atoms with Gasteiger partial charge in [0.15, 0.2) is 6.61 Å². The molecule has 1 amide bonds. The molecule has 1 aromatic rings.